The zero-order chi connectivity index (χ0) is 106. The normalized spacial score (nSPS) is 40.1. The molecule has 0 amide bonds. The minimum atomic E-state index is -2.26. The number of aliphatic hydroxyl groups excluding tert-OH is 3. The van der Waals surface area contributed by atoms with Crippen LogP contribution in [0.2, 0.25) is 18.1 Å². The second-order valence-electron chi connectivity index (χ2n) is 42.9. The summed E-state index contributed by atoms with van der Waals surface area (Å²) in [5.74, 6) is -12.7. The molecule has 0 aromatic rings. The number of methoxy groups -OCH3 is 2. The van der Waals surface area contributed by atoms with Crippen LogP contribution >= 0.6 is 0 Å². The van der Waals surface area contributed by atoms with Crippen molar-refractivity contribution in [3.63, 3.8) is 0 Å². The van der Waals surface area contributed by atoms with Crippen LogP contribution in [0.5, 0.6) is 0 Å². The van der Waals surface area contributed by atoms with Crippen molar-refractivity contribution in [1.29, 1.82) is 0 Å². The summed E-state index contributed by atoms with van der Waals surface area (Å²) in [5, 5.41) is 67.1. The van der Waals surface area contributed by atoms with E-state index in [1.165, 1.54) is 69.6 Å². The lowest BCUT2D eigenvalue weighted by Crippen LogP contribution is -2.62. The molecule has 0 spiro atoms. The van der Waals surface area contributed by atoms with Crippen molar-refractivity contribution in [1.82, 2.24) is 9.80 Å². The molecule has 5 N–H and O–H groups in total. The number of nitrogens with zero attached hydrogens (tertiary/aromatic N) is 4. The van der Waals surface area contributed by atoms with E-state index in [1.54, 1.807) is 90.0 Å². The van der Waals surface area contributed by atoms with Crippen LogP contribution in [0.4, 0.5) is 0 Å². The highest BCUT2D eigenvalue weighted by molar-refractivity contribution is 6.74. The Hall–Kier alpha value is -6.00. The molecule has 6 heterocycles. The molecule has 39 heteroatoms. The molecule has 6 aliphatic heterocycles. The van der Waals surface area contributed by atoms with Crippen molar-refractivity contribution in [3.8, 4) is 0 Å². The Kier molecular flexibility index (Phi) is 46.1. The number of hydrogen-bond acceptors (Lipinski definition) is 38. The lowest BCUT2D eigenvalue weighted by atomic mass is 9.73. The summed E-state index contributed by atoms with van der Waals surface area (Å²) in [6.45, 7) is 60.6. The van der Waals surface area contributed by atoms with Gasteiger partial charge in [-0.15, -0.1) is 0 Å². The van der Waals surface area contributed by atoms with E-state index in [2.05, 4.69) is 57.3 Å². The maximum atomic E-state index is 14.9. The predicted molar refractivity (Wildman–Crippen MR) is 515 cm³/mol. The molecule has 6 fully saturated rings. The van der Waals surface area contributed by atoms with Gasteiger partial charge >= 0.3 is 47.8 Å². The van der Waals surface area contributed by atoms with Crippen LogP contribution in [-0.2, 0) is 138 Å². The van der Waals surface area contributed by atoms with Gasteiger partial charge in [-0.05, 0) is 179 Å². The zero-order valence-electron chi connectivity index (χ0n) is 90.1. The van der Waals surface area contributed by atoms with E-state index in [0.29, 0.717) is 24.0 Å². The van der Waals surface area contributed by atoms with Crippen LogP contribution < -0.4 is 0 Å². The number of rotatable bonds is 30. The summed E-state index contributed by atoms with van der Waals surface area (Å²) in [6.07, 6.45) is -19.5. The standard InChI is InChI=1S/C53H94N2O17Si.C47H80N2O17/c1-23-40-53(17,61)45(59)32(5)42(54-72-38(11)58)30(3)25-52(16,63-27-29(2)28-64-73(21,22)50(12,13)14)46(71-49-44(67-36(9)56)39(55(18)19)24-31(4)65-49)33(6)43(34(7)48(60)69-40)70-41-26-51(15,62-20)47(35(8)66-41)68-37(10)57;1-18-35-47(14,56)40(54)27(5)37(48-66-33(11)53)25(3)20-46(13,58-23-24(2)22-50)41(65-44-39(61-31(9)51)34(49(15)16)19-26(4)59-44)28(6)38(29(7)43(55)63-35)64-36-21-45(12,57-17)42(30(8)60-36)62-32(10)52/h30-35,39-41,43-47,49,59,61H,2,23-28H2,1,3-22H3;25-30,34-36,38-42,44,50,54,56H,2,18-23H2,1,3-17H3/t30-,31-,32+,33+,34-,35+,39+,40-,41?,43+,44-,45-,46-,47+,49+,51-,52-,53-;25-,26-,27+,28+,29-,30+,34+,35-,36?,38+,39-,40-,41-,42+,44+,45-,46-,47-/m11/s1. The third-order valence-electron chi connectivity index (χ3n) is 29.2. The lowest BCUT2D eigenvalue weighted by Gasteiger charge is -2.50. The fourth-order valence-electron chi connectivity index (χ4n) is 20.2. The smallest absolute Gasteiger partial charge is 0.331 e. The van der Waals surface area contributed by atoms with Crippen LogP contribution in [0.15, 0.2) is 34.6 Å². The Labute approximate surface area is 826 Å². The molecular formula is C100H174N4O34Si. The van der Waals surface area contributed by atoms with E-state index in [9.17, 15) is 63.9 Å². The Morgan fingerprint density at radius 3 is 1.09 bits per heavy atom. The van der Waals surface area contributed by atoms with Crippen LogP contribution in [0.25, 0.3) is 0 Å². The molecule has 802 valence electrons. The molecular weight excluding hydrogens is 1830 g/mol. The van der Waals surface area contributed by atoms with Gasteiger partial charge in [-0.25, -0.2) is 9.59 Å². The summed E-state index contributed by atoms with van der Waals surface area (Å²) in [5.41, 5.74) is -8.04. The van der Waals surface area contributed by atoms with Gasteiger partial charge in [-0.3, -0.25) is 28.8 Å². The summed E-state index contributed by atoms with van der Waals surface area (Å²) in [6, 6.07) is -0.723. The average Bonchev–Trinajstić information content (AvgIpc) is 0.758. The third kappa shape index (κ3) is 32.2. The van der Waals surface area contributed by atoms with Crippen molar-refractivity contribution < 1.29 is 163 Å². The molecule has 0 radical (unpaired) electrons. The summed E-state index contributed by atoms with van der Waals surface area (Å²) < 4.78 is 123. The third-order valence-corrected chi connectivity index (χ3v) is 33.7. The minimum Gasteiger partial charge on any atom is -0.459 e. The predicted octanol–water partition coefficient (Wildman–Crippen LogP) is 10.7. The van der Waals surface area contributed by atoms with Crippen LogP contribution in [0, 0.1) is 47.3 Å². The SMILES string of the molecule is C=C(CO)CO[C@]1(C)C[C@@H](C)C(=NOC(C)=O)[C@H](C)[C@@H](O)[C@](C)(O)[C@@H](CC)OC(=O)[C@H](C)[C@@H](OC2C[C@@](C)(OC)[C@@H](OC(C)=O)[C@H](C)O2)[C@H](C)[C@H]1O[C@@H]1O[C@H](C)C[C@H](N(C)C)[C@H]1OC(C)=O.C=C(CO[C@]1(C)C[C@@H](C)C(=NOC(C)=O)[C@H](C)[C@@H](O)[C@](C)(O)[C@@H](CC)OC(=O)[C@H](C)[C@@H](OC2C[C@@](C)(OC)[C@@H](OC(C)=O)[C@H](C)O2)[C@H](C)[C@H]1O[C@@H]1O[C@H](C)C[C@H](N(C)C)[C@H]1OC(C)=O)CO[Si](C)(C)C(C)(C)C. The molecule has 0 bridgehead atoms. The molecule has 139 heavy (non-hydrogen) atoms. The van der Waals surface area contributed by atoms with Gasteiger partial charge in [0.05, 0.1) is 134 Å². The fraction of sp³-hybridized carbons (Fsp3) is 0.860. The number of oxime groups is 2. The number of aliphatic hydroxyl groups is 5. The molecule has 6 rings (SSSR count). The van der Waals surface area contributed by atoms with Crippen molar-refractivity contribution in [2.75, 3.05) is 68.8 Å². The van der Waals surface area contributed by atoms with Gasteiger partial charge in [0.15, 0.2) is 57.9 Å². The number of ether oxygens (including phenoxy) is 18. The first-order valence-electron chi connectivity index (χ1n) is 49.0. The van der Waals surface area contributed by atoms with E-state index < -0.39 is 254 Å². The highest BCUT2D eigenvalue weighted by atomic mass is 28.4. The first-order chi connectivity index (χ1) is 64.0. The van der Waals surface area contributed by atoms with E-state index in [4.69, 9.17) is 99.4 Å². The summed E-state index contributed by atoms with van der Waals surface area (Å²) in [4.78, 5) is 119. The second kappa shape index (κ2) is 51.9. The van der Waals surface area contributed by atoms with Crippen LogP contribution in [0.3, 0.4) is 0 Å². The summed E-state index contributed by atoms with van der Waals surface area (Å²) >= 11 is 0. The first kappa shape index (κ1) is 123. The van der Waals surface area contributed by atoms with Gasteiger partial charge in [-0.1, -0.05) is 99.6 Å². The van der Waals surface area contributed by atoms with Crippen molar-refractivity contribution in [2.24, 2.45) is 57.7 Å². The van der Waals surface area contributed by atoms with Gasteiger partial charge in [0.25, 0.3) is 0 Å². The van der Waals surface area contributed by atoms with E-state index in [-0.39, 0.29) is 99.1 Å². The van der Waals surface area contributed by atoms with Crippen molar-refractivity contribution >= 4 is 67.5 Å². The fourth-order valence-corrected chi connectivity index (χ4v) is 21.2. The number of likely N-dealkylation sites (N-methyl/N-ethyl adjacent to an activating group) is 2. The van der Waals surface area contributed by atoms with Crippen LogP contribution in [0.1, 0.15) is 252 Å². The average molecular weight is 2000 g/mol. The second-order valence-corrected chi connectivity index (χ2v) is 47.7. The molecule has 6 saturated heterocycles. The van der Waals surface area contributed by atoms with Gasteiger partial charge in [-0.2, -0.15) is 0 Å². The number of hydrogen-bond donors (Lipinski definition) is 5. The van der Waals surface area contributed by atoms with Gasteiger partial charge < -0.3 is 135 Å². The van der Waals surface area contributed by atoms with E-state index >= 15 is 0 Å². The Morgan fingerprint density at radius 2 is 0.799 bits per heavy atom. The van der Waals surface area contributed by atoms with Gasteiger partial charge in [0, 0.05) is 104 Å². The van der Waals surface area contributed by atoms with Gasteiger partial charge in [0.1, 0.15) is 34.6 Å². The Balaban J connectivity index is 0.000000493. The largest absolute Gasteiger partial charge is 0.459 e. The molecule has 0 aromatic carbocycles. The molecule has 2 unspecified atom stereocenters. The number of carbonyl (C=O) groups excluding carboxylic acids is 8. The van der Waals surface area contributed by atoms with E-state index in [1.807, 2.05) is 72.6 Å². The molecule has 38 nitrogen and oxygen atoms in total. The number of cyclic esters (lactones) is 2. The zero-order valence-corrected chi connectivity index (χ0v) is 91.1. The maximum absolute atomic E-state index is 14.9. The maximum Gasteiger partial charge on any atom is 0.331 e. The molecule has 6 aliphatic rings. The Bertz CT molecular complexity index is 4110. The topological polar surface area (TPSA) is 463 Å². The van der Waals surface area contributed by atoms with Gasteiger partial charge in [0.2, 0.25) is 0 Å². The number of carbonyl (C=O) groups is 8. The quantitative estimate of drug-likeness (QED) is 0.0111. The van der Waals surface area contributed by atoms with E-state index in [0.717, 1.165) is 0 Å². The molecule has 36 atom stereocenters. The van der Waals surface area contributed by atoms with Crippen molar-refractivity contribution in [3.05, 3.63) is 24.3 Å². The highest BCUT2D eigenvalue weighted by Crippen LogP contribution is 2.48. The minimum absolute atomic E-state index is 0.00313. The Morgan fingerprint density at radius 1 is 0.468 bits per heavy atom. The van der Waals surface area contributed by atoms with Crippen molar-refractivity contribution in [2.45, 2.75) is 439 Å². The monoisotopic (exact) mass is 2000 g/mol. The lowest BCUT2D eigenvalue weighted by molar-refractivity contribution is -0.321. The van der Waals surface area contributed by atoms with Crippen LogP contribution in [-0.4, -0.2) is 340 Å². The molecule has 0 saturated carbocycles. The number of esters is 6. The highest BCUT2D eigenvalue weighted by Gasteiger charge is 2.60. The molecule has 0 aliphatic carbocycles. The summed E-state index contributed by atoms with van der Waals surface area (Å²) in [7, 11) is 8.22. The first-order valence-corrected chi connectivity index (χ1v) is 51.9. The molecule has 0 aromatic heterocycles.